The molecule has 0 unspecified atom stereocenters. The number of rotatable bonds is 2. The van der Waals surface area contributed by atoms with E-state index in [2.05, 4.69) is 14.7 Å². The fourth-order valence-electron chi connectivity index (χ4n) is 0.785. The Bertz CT molecular complexity index is 255. The number of hydrogen-bond acceptors (Lipinski definition) is 3. The van der Waals surface area contributed by atoms with Crippen LogP contribution in [-0.4, -0.2) is 23.0 Å². The number of hydrogen-bond donors (Lipinski definition) is 1. The molecule has 4 nitrogen and oxygen atoms in total. The third-order valence-corrected chi connectivity index (χ3v) is 1.48. The van der Waals surface area contributed by atoms with Crippen LogP contribution in [0.25, 0.3) is 0 Å². The second-order valence-corrected chi connectivity index (χ2v) is 2.22. The van der Waals surface area contributed by atoms with Crippen LogP contribution >= 0.6 is 0 Å². The molecule has 0 saturated heterocycles. The summed E-state index contributed by atoms with van der Waals surface area (Å²) in [4.78, 5) is 17.6. The van der Waals surface area contributed by atoms with Gasteiger partial charge in [-0.05, 0) is 6.92 Å². The smallest absolute Gasteiger partial charge is 0.311 e. The normalized spacial score (nSPS) is 9.64. The minimum absolute atomic E-state index is 0.252. The first-order valence-electron chi connectivity index (χ1n) is 3.29. The van der Waals surface area contributed by atoms with Gasteiger partial charge < -0.3 is 9.72 Å². The van der Waals surface area contributed by atoms with E-state index in [4.69, 9.17) is 0 Å². The van der Waals surface area contributed by atoms with E-state index in [0.29, 0.717) is 0 Å². The van der Waals surface area contributed by atoms with Gasteiger partial charge in [0.1, 0.15) is 0 Å². The fraction of sp³-hybridized carbons (Fsp3) is 0.429. The van der Waals surface area contributed by atoms with Gasteiger partial charge in [-0.2, -0.15) is 0 Å². The molecule has 0 aromatic carbocycles. The van der Waals surface area contributed by atoms with Crippen molar-refractivity contribution in [3.05, 3.63) is 17.7 Å². The number of ether oxygens (including phenoxy) is 1. The predicted molar refractivity (Wildman–Crippen MR) is 39.0 cm³/mol. The van der Waals surface area contributed by atoms with E-state index in [-0.39, 0.29) is 12.4 Å². The highest BCUT2D eigenvalue weighted by molar-refractivity contribution is 5.72. The molecule has 11 heavy (non-hydrogen) atoms. The Hall–Kier alpha value is -1.32. The van der Waals surface area contributed by atoms with Crippen LogP contribution < -0.4 is 0 Å². The second-order valence-electron chi connectivity index (χ2n) is 2.22. The van der Waals surface area contributed by atoms with Crippen LogP contribution in [0.3, 0.4) is 0 Å². The Morgan fingerprint density at radius 3 is 3.00 bits per heavy atom. The van der Waals surface area contributed by atoms with Crippen LogP contribution in [0, 0.1) is 6.92 Å². The third-order valence-electron chi connectivity index (χ3n) is 1.48. The molecule has 4 heteroatoms. The molecule has 1 heterocycles. The maximum absolute atomic E-state index is 10.8. The Balaban J connectivity index is 2.64. The van der Waals surface area contributed by atoms with Crippen LogP contribution in [0.15, 0.2) is 6.33 Å². The van der Waals surface area contributed by atoms with E-state index >= 15 is 0 Å². The topological polar surface area (TPSA) is 55.0 Å². The molecule has 0 aliphatic rings. The highest BCUT2D eigenvalue weighted by atomic mass is 16.5. The molecule has 0 spiro atoms. The lowest BCUT2D eigenvalue weighted by atomic mass is 10.3. The highest BCUT2D eigenvalue weighted by Gasteiger charge is 2.06. The van der Waals surface area contributed by atoms with Crippen molar-refractivity contribution in [3.63, 3.8) is 0 Å². The maximum atomic E-state index is 10.8. The van der Waals surface area contributed by atoms with E-state index < -0.39 is 0 Å². The van der Waals surface area contributed by atoms with Crippen molar-refractivity contribution >= 4 is 5.97 Å². The number of imidazole rings is 1. The van der Waals surface area contributed by atoms with Crippen molar-refractivity contribution < 1.29 is 9.53 Å². The largest absolute Gasteiger partial charge is 0.469 e. The summed E-state index contributed by atoms with van der Waals surface area (Å²) in [7, 11) is 1.37. The molecule has 60 valence electrons. The van der Waals surface area contributed by atoms with E-state index in [1.54, 1.807) is 6.33 Å². The first-order valence-corrected chi connectivity index (χ1v) is 3.29. The summed E-state index contributed by atoms with van der Waals surface area (Å²) in [6, 6.07) is 0. The molecule has 0 radical (unpaired) electrons. The monoisotopic (exact) mass is 154 g/mol. The van der Waals surface area contributed by atoms with Crippen molar-refractivity contribution in [2.45, 2.75) is 13.3 Å². The quantitative estimate of drug-likeness (QED) is 0.628. The van der Waals surface area contributed by atoms with Crippen LogP contribution in [0.1, 0.15) is 11.4 Å². The molecule has 0 saturated carbocycles. The average molecular weight is 154 g/mol. The Morgan fingerprint density at radius 2 is 2.55 bits per heavy atom. The SMILES string of the molecule is COC(=O)Cc1[nH]cnc1C. The minimum Gasteiger partial charge on any atom is -0.469 e. The predicted octanol–water partition coefficient (Wildman–Crippen LogP) is 0.434. The molecule has 0 bridgehead atoms. The summed E-state index contributed by atoms with van der Waals surface area (Å²) in [5.74, 6) is -0.252. The molecule has 0 amide bonds. The highest BCUT2D eigenvalue weighted by Crippen LogP contribution is 2.01. The molecule has 0 aliphatic heterocycles. The molecule has 1 aromatic rings. The van der Waals surface area contributed by atoms with Gasteiger partial charge in [0.25, 0.3) is 0 Å². The van der Waals surface area contributed by atoms with Crippen LogP contribution in [0.5, 0.6) is 0 Å². The van der Waals surface area contributed by atoms with Gasteiger partial charge in [0.05, 0.1) is 25.6 Å². The van der Waals surface area contributed by atoms with Crippen molar-refractivity contribution in [1.29, 1.82) is 0 Å². The standard InChI is InChI=1S/C7H10N2O2/c1-5-6(9-4-8-5)3-7(10)11-2/h4H,3H2,1-2H3,(H,8,9). The zero-order valence-corrected chi connectivity index (χ0v) is 6.55. The summed E-state index contributed by atoms with van der Waals surface area (Å²) in [6.45, 7) is 1.84. The molecule has 1 aromatic heterocycles. The zero-order valence-electron chi connectivity index (χ0n) is 6.55. The number of nitrogens with one attached hydrogen (secondary N) is 1. The summed E-state index contributed by atoms with van der Waals surface area (Å²) in [6.07, 6.45) is 1.83. The van der Waals surface area contributed by atoms with Gasteiger partial charge in [-0.1, -0.05) is 0 Å². The number of aromatic amines is 1. The maximum Gasteiger partial charge on any atom is 0.311 e. The van der Waals surface area contributed by atoms with E-state index in [9.17, 15) is 4.79 Å². The summed E-state index contributed by atoms with van der Waals surface area (Å²) >= 11 is 0. The van der Waals surface area contributed by atoms with Gasteiger partial charge >= 0.3 is 5.97 Å². The van der Waals surface area contributed by atoms with Gasteiger partial charge in [-0.25, -0.2) is 4.98 Å². The van der Waals surface area contributed by atoms with Crippen LogP contribution in [0.2, 0.25) is 0 Å². The van der Waals surface area contributed by atoms with Gasteiger partial charge in [0, 0.05) is 5.69 Å². The Kier molecular flexibility index (Phi) is 2.25. The van der Waals surface area contributed by atoms with Gasteiger partial charge in [0.15, 0.2) is 0 Å². The van der Waals surface area contributed by atoms with Crippen LogP contribution in [-0.2, 0) is 16.0 Å². The lowest BCUT2D eigenvalue weighted by molar-refractivity contribution is -0.139. The number of nitrogens with zero attached hydrogens (tertiary/aromatic N) is 1. The molecule has 1 N–H and O–H groups in total. The molecular formula is C7H10N2O2. The lowest BCUT2D eigenvalue weighted by Crippen LogP contribution is -2.05. The van der Waals surface area contributed by atoms with Gasteiger partial charge in [-0.15, -0.1) is 0 Å². The lowest BCUT2D eigenvalue weighted by Gasteiger charge is -1.96. The number of carbonyl (C=O) groups is 1. The van der Waals surface area contributed by atoms with E-state index in [0.717, 1.165) is 11.4 Å². The first-order chi connectivity index (χ1) is 5.24. The molecule has 1 rings (SSSR count). The second kappa shape index (κ2) is 3.18. The van der Waals surface area contributed by atoms with Crippen LogP contribution in [0.4, 0.5) is 0 Å². The number of H-pyrrole nitrogens is 1. The third kappa shape index (κ3) is 1.80. The van der Waals surface area contributed by atoms with Crippen molar-refractivity contribution in [3.8, 4) is 0 Å². The molecule has 0 atom stereocenters. The van der Waals surface area contributed by atoms with Crippen molar-refractivity contribution in [1.82, 2.24) is 9.97 Å². The summed E-state index contributed by atoms with van der Waals surface area (Å²) in [5, 5.41) is 0. The number of methoxy groups -OCH3 is 1. The first kappa shape index (κ1) is 7.78. The van der Waals surface area contributed by atoms with Gasteiger partial charge in [-0.3, -0.25) is 4.79 Å². The minimum atomic E-state index is -0.252. The van der Waals surface area contributed by atoms with Gasteiger partial charge in [0.2, 0.25) is 0 Å². The fourth-order valence-corrected chi connectivity index (χ4v) is 0.785. The Labute approximate surface area is 64.6 Å². The van der Waals surface area contributed by atoms with Crippen molar-refractivity contribution in [2.24, 2.45) is 0 Å². The zero-order chi connectivity index (χ0) is 8.27. The average Bonchev–Trinajstić information content (AvgIpc) is 2.37. The molecular weight excluding hydrogens is 144 g/mol. The van der Waals surface area contributed by atoms with E-state index in [1.165, 1.54) is 7.11 Å². The van der Waals surface area contributed by atoms with Crippen molar-refractivity contribution in [2.75, 3.05) is 7.11 Å². The van der Waals surface area contributed by atoms with E-state index in [1.807, 2.05) is 6.92 Å². The molecule has 0 aliphatic carbocycles. The number of aryl methyl sites for hydroxylation is 1. The molecule has 0 fully saturated rings. The Morgan fingerprint density at radius 1 is 1.82 bits per heavy atom. The number of esters is 1. The summed E-state index contributed by atoms with van der Waals surface area (Å²) < 4.78 is 4.49. The number of aromatic nitrogens is 2. The summed E-state index contributed by atoms with van der Waals surface area (Å²) in [5.41, 5.74) is 1.66. The number of carbonyl (C=O) groups excluding carboxylic acids is 1.